The van der Waals surface area contributed by atoms with Gasteiger partial charge in [0.15, 0.2) is 0 Å². The second kappa shape index (κ2) is 8.84. The highest BCUT2D eigenvalue weighted by atomic mass is 31.1. The molecule has 88 valence electrons. The monoisotopic (exact) mass is 234 g/mol. The van der Waals surface area contributed by atoms with E-state index in [1.54, 1.807) is 13.8 Å². The van der Waals surface area contributed by atoms with Crippen LogP contribution in [0.15, 0.2) is 0 Å². The van der Waals surface area contributed by atoms with Crippen molar-refractivity contribution in [2.24, 2.45) is 5.92 Å². The third-order valence-corrected chi connectivity index (χ3v) is 2.86. The van der Waals surface area contributed by atoms with E-state index >= 15 is 0 Å². The summed E-state index contributed by atoms with van der Waals surface area (Å²) in [5, 5.41) is 0. The Bertz CT molecular complexity index is 215. The van der Waals surface area contributed by atoms with Gasteiger partial charge in [-0.2, -0.15) is 4.52 Å². The second-order valence-electron chi connectivity index (χ2n) is 3.00. The molecule has 0 radical (unpaired) electrons. The standard InChI is InChI=1S/C10H19O4P/c1-4-7-9(10(11)13-5-2)8-15(12)14-6-3/h8-9H,4-7H2,1-3H3. The maximum Gasteiger partial charge on any atom is 0.316 e. The van der Waals surface area contributed by atoms with E-state index in [0.29, 0.717) is 19.6 Å². The summed E-state index contributed by atoms with van der Waals surface area (Å²) in [6, 6.07) is 0. The lowest BCUT2D eigenvalue weighted by atomic mass is 10.1. The second-order valence-corrected chi connectivity index (χ2v) is 4.13. The molecule has 0 fully saturated rings. The highest BCUT2D eigenvalue weighted by molar-refractivity contribution is 7.44. The van der Waals surface area contributed by atoms with E-state index in [9.17, 15) is 9.69 Å². The van der Waals surface area contributed by atoms with E-state index in [1.165, 1.54) is 5.80 Å². The van der Waals surface area contributed by atoms with Crippen molar-refractivity contribution in [2.45, 2.75) is 33.6 Å². The van der Waals surface area contributed by atoms with Crippen LogP contribution < -0.4 is 4.89 Å². The average molecular weight is 234 g/mol. The van der Waals surface area contributed by atoms with Crippen LogP contribution in [0.25, 0.3) is 0 Å². The minimum Gasteiger partial charge on any atom is -0.603 e. The summed E-state index contributed by atoms with van der Waals surface area (Å²) in [5.41, 5.74) is 0. The summed E-state index contributed by atoms with van der Waals surface area (Å²) in [4.78, 5) is 22.7. The third-order valence-electron chi connectivity index (χ3n) is 1.75. The molecule has 0 bridgehead atoms. The molecule has 15 heavy (non-hydrogen) atoms. The van der Waals surface area contributed by atoms with E-state index < -0.39 is 13.9 Å². The van der Waals surface area contributed by atoms with Crippen molar-refractivity contribution in [1.82, 2.24) is 0 Å². The number of carbonyl (C=O) groups is 1. The molecule has 2 unspecified atom stereocenters. The zero-order chi connectivity index (χ0) is 11.7. The molecule has 0 heterocycles. The van der Waals surface area contributed by atoms with E-state index in [2.05, 4.69) is 0 Å². The topological polar surface area (TPSA) is 58.6 Å². The molecule has 0 N–H and O–H groups in total. The lowest BCUT2D eigenvalue weighted by Gasteiger charge is -2.08. The highest BCUT2D eigenvalue weighted by Gasteiger charge is 2.20. The van der Waals surface area contributed by atoms with Gasteiger partial charge in [0.25, 0.3) is 0 Å². The average Bonchev–Trinajstić information content (AvgIpc) is 2.18. The molecule has 5 heteroatoms. The number of ether oxygens (including phenoxy) is 1. The zero-order valence-corrected chi connectivity index (χ0v) is 10.5. The fraction of sp³-hybridized carbons (Fsp3) is 0.800. The fourth-order valence-corrected chi connectivity index (χ4v) is 2.04. The van der Waals surface area contributed by atoms with Crippen LogP contribution in [0, 0.1) is 5.92 Å². The maximum atomic E-state index is 11.4. The first-order valence-corrected chi connectivity index (χ1v) is 6.51. The molecule has 0 aromatic carbocycles. The maximum absolute atomic E-state index is 11.4. The minimum atomic E-state index is -1.85. The van der Waals surface area contributed by atoms with Gasteiger partial charge < -0.3 is 9.63 Å². The van der Waals surface area contributed by atoms with Gasteiger partial charge in [0.2, 0.25) is 8.00 Å². The van der Waals surface area contributed by atoms with Crippen LogP contribution in [0.5, 0.6) is 0 Å². The molecule has 0 aliphatic carbocycles. The molecule has 0 aromatic rings. The molecule has 0 rings (SSSR count). The minimum absolute atomic E-state index is 0.317. The summed E-state index contributed by atoms with van der Waals surface area (Å²) >= 11 is 0. The van der Waals surface area contributed by atoms with Crippen LogP contribution >= 0.6 is 8.00 Å². The Morgan fingerprint density at radius 1 is 1.40 bits per heavy atom. The lowest BCUT2D eigenvalue weighted by Crippen LogP contribution is -2.19. The van der Waals surface area contributed by atoms with Crippen molar-refractivity contribution in [3.63, 3.8) is 0 Å². The first-order chi connectivity index (χ1) is 7.15. The van der Waals surface area contributed by atoms with Crippen molar-refractivity contribution < 1.29 is 18.9 Å². The van der Waals surface area contributed by atoms with Crippen molar-refractivity contribution >= 4 is 19.8 Å². The number of hydrogen-bond acceptors (Lipinski definition) is 4. The number of hydrogen-bond donors (Lipinski definition) is 0. The number of esters is 1. The molecular weight excluding hydrogens is 215 g/mol. The lowest BCUT2D eigenvalue weighted by molar-refractivity contribution is -0.172. The molecule has 0 saturated heterocycles. The Kier molecular flexibility index (Phi) is 8.58. The van der Waals surface area contributed by atoms with Gasteiger partial charge >= 0.3 is 5.97 Å². The summed E-state index contributed by atoms with van der Waals surface area (Å²) in [7, 11) is -1.85. The van der Waals surface area contributed by atoms with Crippen LogP contribution in [0.4, 0.5) is 0 Å². The van der Waals surface area contributed by atoms with Crippen molar-refractivity contribution in [3.05, 3.63) is 0 Å². The van der Waals surface area contributed by atoms with Crippen LogP contribution in [-0.4, -0.2) is 25.0 Å². The number of rotatable bonds is 7. The van der Waals surface area contributed by atoms with Crippen molar-refractivity contribution in [1.29, 1.82) is 0 Å². The molecule has 4 nitrogen and oxygen atoms in total. The summed E-state index contributed by atoms with van der Waals surface area (Å²) < 4.78 is 9.77. The van der Waals surface area contributed by atoms with Crippen molar-refractivity contribution in [2.75, 3.05) is 13.2 Å². The van der Waals surface area contributed by atoms with Gasteiger partial charge in [-0.25, -0.2) is 0 Å². The molecule has 0 aromatic heterocycles. The quantitative estimate of drug-likeness (QED) is 0.494. The fourth-order valence-electron chi connectivity index (χ4n) is 1.13. The normalized spacial score (nSPS) is 13.7. The molecular formula is C10H19O4P. The Balaban J connectivity index is 4.37. The molecule has 0 saturated carbocycles. The molecule has 0 aliphatic rings. The van der Waals surface area contributed by atoms with Gasteiger partial charge in [0, 0.05) is 0 Å². The Labute approximate surface area is 92.1 Å². The van der Waals surface area contributed by atoms with Gasteiger partial charge in [-0.1, -0.05) is 13.3 Å². The summed E-state index contributed by atoms with van der Waals surface area (Å²) in [5.74, 6) is 0.716. The van der Waals surface area contributed by atoms with Gasteiger partial charge in [-0.05, 0) is 20.3 Å². The van der Waals surface area contributed by atoms with Gasteiger partial charge in [-0.15, -0.1) is 0 Å². The van der Waals surface area contributed by atoms with Crippen LogP contribution in [-0.2, 0) is 14.1 Å². The SMILES string of the molecule is CCCC(C=[P+]([O-])OCC)C(=O)OCC. The van der Waals surface area contributed by atoms with Crippen LogP contribution in [0.2, 0.25) is 0 Å². The molecule has 0 aliphatic heterocycles. The first-order valence-electron chi connectivity index (χ1n) is 5.26. The van der Waals surface area contributed by atoms with Crippen LogP contribution in [0.3, 0.4) is 0 Å². The predicted octanol–water partition coefficient (Wildman–Crippen LogP) is 1.48. The molecule has 2 atom stereocenters. The van der Waals surface area contributed by atoms with Gasteiger partial charge in [0.05, 0.1) is 13.2 Å². The Morgan fingerprint density at radius 3 is 2.53 bits per heavy atom. The van der Waals surface area contributed by atoms with E-state index in [-0.39, 0.29) is 5.97 Å². The Morgan fingerprint density at radius 2 is 2.07 bits per heavy atom. The molecule has 0 amide bonds. The van der Waals surface area contributed by atoms with Crippen molar-refractivity contribution in [3.8, 4) is 0 Å². The molecule has 0 spiro atoms. The van der Waals surface area contributed by atoms with E-state index in [4.69, 9.17) is 9.26 Å². The smallest absolute Gasteiger partial charge is 0.316 e. The van der Waals surface area contributed by atoms with Gasteiger partial charge in [-0.3, -0.25) is 4.79 Å². The summed E-state index contributed by atoms with van der Waals surface area (Å²) in [6.45, 7) is 6.21. The van der Waals surface area contributed by atoms with Crippen LogP contribution in [0.1, 0.15) is 33.6 Å². The highest BCUT2D eigenvalue weighted by Crippen LogP contribution is 2.17. The Hall–Kier alpha value is -0.440. The first kappa shape index (κ1) is 14.6. The zero-order valence-electron chi connectivity index (χ0n) is 9.56. The third kappa shape index (κ3) is 6.61. The van der Waals surface area contributed by atoms with Gasteiger partial charge in [0.1, 0.15) is 11.7 Å². The van der Waals surface area contributed by atoms with E-state index in [1.807, 2.05) is 6.92 Å². The summed E-state index contributed by atoms with van der Waals surface area (Å²) in [6.07, 6.45) is 1.49. The largest absolute Gasteiger partial charge is 0.603 e. The number of carbonyl (C=O) groups excluding carboxylic acids is 1. The van der Waals surface area contributed by atoms with E-state index in [0.717, 1.165) is 6.42 Å². The predicted molar refractivity (Wildman–Crippen MR) is 59.6 cm³/mol.